The first-order valence-electron chi connectivity index (χ1n) is 27.2. The molecule has 3 heterocycles. The number of carbonyl (C=O) groups is 5. The van der Waals surface area contributed by atoms with Crippen molar-refractivity contribution >= 4 is 29.2 Å². The number of ether oxygens (including phenoxy) is 7. The van der Waals surface area contributed by atoms with Gasteiger partial charge in [-0.15, -0.1) is 0 Å². The lowest BCUT2D eigenvalue weighted by atomic mass is 9.78. The number of alkyl halides is 3. The fourth-order valence-electron chi connectivity index (χ4n) is 11.1. The van der Waals surface area contributed by atoms with Crippen LogP contribution in [-0.4, -0.2) is 164 Å². The number of hydrogen-bond donors (Lipinski definition) is 3. The minimum Gasteiger partial charge on any atom is -0.460 e. The lowest BCUT2D eigenvalue weighted by Gasteiger charge is -2.43. The molecule has 75 heavy (non-hydrogen) atoms. The molecule has 16 nitrogen and oxygen atoms in total. The molecular formula is C56H88F3NO15. The number of halogens is 3. The largest absolute Gasteiger partial charge is 0.460 e. The van der Waals surface area contributed by atoms with E-state index in [9.17, 15) is 52.5 Å². The SMILES string of the molecule is CO[C@@H]1C[C@H](C[C@@H](C)[C@@H]2CC(=O)[C@H](C)/C=C(\C)[C@@H](O)[C@@H](OC)C(=O)[C@H](C)C[C@H](C)/C=C/CCC=C(C)C(OCCOCC(F)(F)F)C[C@@H]3CC[C@@H](C)[C@@](O)(O3)C(=O)C(=O)N3CCCC[C@H]3C(=O)O2)CC[C@H]1OCCO. The van der Waals surface area contributed by atoms with E-state index in [4.69, 9.17) is 33.2 Å². The zero-order valence-corrected chi connectivity index (χ0v) is 45.9. The number of rotatable bonds is 13. The quantitative estimate of drug-likeness (QED) is 0.0711. The number of aliphatic hydroxyl groups excluding tert-OH is 2. The van der Waals surface area contributed by atoms with Gasteiger partial charge in [0.15, 0.2) is 5.78 Å². The van der Waals surface area contributed by atoms with Gasteiger partial charge in [-0.1, -0.05) is 58.9 Å². The summed E-state index contributed by atoms with van der Waals surface area (Å²) in [4.78, 5) is 72.6. The van der Waals surface area contributed by atoms with E-state index in [1.54, 1.807) is 40.9 Å². The van der Waals surface area contributed by atoms with Gasteiger partial charge in [0.1, 0.15) is 36.7 Å². The van der Waals surface area contributed by atoms with Crippen LogP contribution in [0.5, 0.6) is 0 Å². The monoisotopic (exact) mass is 1070 g/mol. The lowest BCUT2D eigenvalue weighted by molar-refractivity contribution is -0.266. The zero-order valence-electron chi connectivity index (χ0n) is 45.9. The van der Waals surface area contributed by atoms with Gasteiger partial charge in [-0.05, 0) is 120 Å². The van der Waals surface area contributed by atoms with Gasteiger partial charge in [0, 0.05) is 51.4 Å². The summed E-state index contributed by atoms with van der Waals surface area (Å²) in [5, 5.41) is 33.0. The molecule has 2 bridgehead atoms. The maximum Gasteiger partial charge on any atom is 0.411 e. The van der Waals surface area contributed by atoms with E-state index in [-0.39, 0.29) is 100 Å². The number of ketones is 3. The summed E-state index contributed by atoms with van der Waals surface area (Å²) in [6.45, 7) is 10.4. The molecule has 0 spiro atoms. The molecule has 1 unspecified atom stereocenters. The third-order valence-electron chi connectivity index (χ3n) is 15.6. The minimum absolute atomic E-state index is 0.00890. The number of fused-ring (bicyclic) bond motifs is 3. The van der Waals surface area contributed by atoms with Crippen molar-refractivity contribution in [3.05, 3.63) is 35.5 Å². The lowest BCUT2D eigenvalue weighted by Crippen LogP contribution is -2.61. The fourth-order valence-corrected chi connectivity index (χ4v) is 11.1. The Bertz CT molecular complexity index is 1940. The second-order valence-corrected chi connectivity index (χ2v) is 21.7. The number of esters is 1. The predicted octanol–water partition coefficient (Wildman–Crippen LogP) is 7.37. The van der Waals surface area contributed by atoms with Crippen LogP contribution in [0.25, 0.3) is 0 Å². The van der Waals surface area contributed by atoms with Gasteiger partial charge in [0.25, 0.3) is 11.7 Å². The summed E-state index contributed by atoms with van der Waals surface area (Å²) in [5.74, 6) is -8.82. The Morgan fingerprint density at radius 1 is 0.867 bits per heavy atom. The Balaban J connectivity index is 1.70. The topological polar surface area (TPSA) is 214 Å². The normalized spacial score (nSPS) is 36.0. The van der Waals surface area contributed by atoms with Gasteiger partial charge < -0.3 is 53.4 Å². The number of methoxy groups -OCH3 is 2. The number of Topliss-reactive ketones (excluding diaryl/α,β-unsaturated/α-hetero) is 3. The number of amides is 1. The fraction of sp³-hybridized carbons (Fsp3) is 0.804. The van der Waals surface area contributed by atoms with Crippen LogP contribution in [0, 0.1) is 35.5 Å². The Labute approximate surface area is 442 Å². The summed E-state index contributed by atoms with van der Waals surface area (Å²) < 4.78 is 79.1. The van der Waals surface area contributed by atoms with E-state index in [1.165, 1.54) is 7.11 Å². The molecule has 3 N–H and O–H groups in total. The number of nitrogens with zero attached hydrogens (tertiary/aromatic N) is 1. The summed E-state index contributed by atoms with van der Waals surface area (Å²) >= 11 is 0. The first-order chi connectivity index (χ1) is 35.4. The maximum atomic E-state index is 14.5. The van der Waals surface area contributed by atoms with Crippen LogP contribution in [0.3, 0.4) is 0 Å². The van der Waals surface area contributed by atoms with Gasteiger partial charge in [0.2, 0.25) is 5.79 Å². The average molecular weight is 1070 g/mol. The van der Waals surface area contributed by atoms with Gasteiger partial charge in [-0.2, -0.15) is 13.2 Å². The number of piperidine rings is 1. The minimum atomic E-state index is -4.52. The molecule has 0 aromatic heterocycles. The molecule has 19 heteroatoms. The molecule has 3 fully saturated rings. The Kier molecular flexibility index (Phi) is 26.2. The zero-order chi connectivity index (χ0) is 55.6. The second-order valence-electron chi connectivity index (χ2n) is 21.7. The second kappa shape index (κ2) is 30.7. The van der Waals surface area contributed by atoms with Crippen molar-refractivity contribution in [3.63, 3.8) is 0 Å². The molecule has 1 saturated carbocycles. The molecule has 3 aliphatic heterocycles. The molecule has 0 aromatic rings. The van der Waals surface area contributed by atoms with Crippen LogP contribution in [0.1, 0.15) is 138 Å². The summed E-state index contributed by atoms with van der Waals surface area (Å²) in [7, 11) is 2.95. The van der Waals surface area contributed by atoms with Crippen LogP contribution < -0.4 is 0 Å². The Morgan fingerprint density at radius 3 is 2.28 bits per heavy atom. The number of cyclic esters (lactones) is 1. The van der Waals surface area contributed by atoms with Crippen molar-refractivity contribution in [2.24, 2.45) is 35.5 Å². The van der Waals surface area contributed by atoms with E-state index in [2.05, 4.69) is 0 Å². The van der Waals surface area contributed by atoms with E-state index >= 15 is 0 Å². The number of hydrogen-bond acceptors (Lipinski definition) is 15. The van der Waals surface area contributed by atoms with E-state index < -0.39 is 90.5 Å². The van der Waals surface area contributed by atoms with E-state index in [1.807, 2.05) is 39.0 Å². The number of aliphatic hydroxyl groups is 3. The van der Waals surface area contributed by atoms with E-state index in [0.717, 1.165) is 16.9 Å². The van der Waals surface area contributed by atoms with E-state index in [0.29, 0.717) is 63.4 Å². The van der Waals surface area contributed by atoms with Crippen LogP contribution in [-0.2, 0) is 57.1 Å². The highest BCUT2D eigenvalue weighted by Gasteiger charge is 2.53. The van der Waals surface area contributed by atoms with Crippen molar-refractivity contribution < 1.29 is 85.6 Å². The molecule has 0 radical (unpaired) electrons. The smallest absolute Gasteiger partial charge is 0.411 e. The molecule has 1 aliphatic carbocycles. The highest BCUT2D eigenvalue weighted by Crippen LogP contribution is 2.38. The van der Waals surface area contributed by atoms with Crippen molar-refractivity contribution in [1.82, 2.24) is 4.90 Å². The maximum absolute atomic E-state index is 14.5. The highest BCUT2D eigenvalue weighted by atomic mass is 19.4. The average Bonchev–Trinajstić information content (AvgIpc) is 3.37. The highest BCUT2D eigenvalue weighted by molar-refractivity contribution is 6.39. The van der Waals surface area contributed by atoms with Crippen LogP contribution >= 0.6 is 0 Å². The standard InChI is InChI=1S/C56H88F3NO15/c1-34-15-11-10-12-16-35(2)46(73-26-25-71-33-55(57,58)59)31-42-20-18-40(7)56(68,75-42)52(65)53(66)60-22-14-13-17-43(60)54(67)74-47(37(4)29-41-19-21-45(72-24-23-61)48(30-41)69-8)32-44(62)36(3)28-39(6)50(64)51(70-9)49(63)38(5)27-34/h11,15-16,28,34,36-38,40-43,45-48,50-51,61,64,68H,10,12-14,17-27,29-33H2,1-9H3/b15-11+,35-16?,39-28+/t34-,36-,37-,38-,40-,41+,42+,43+,45-,46?,47+,48-,50-,51+,56-/m1/s1. The third kappa shape index (κ3) is 19.2. The first kappa shape index (κ1) is 64.1. The van der Waals surface area contributed by atoms with Crippen LogP contribution in [0.15, 0.2) is 35.5 Å². The molecule has 4 aliphatic rings. The molecular weight excluding hydrogens is 984 g/mol. The van der Waals surface area contributed by atoms with Crippen molar-refractivity contribution in [2.45, 2.75) is 199 Å². The molecule has 0 aromatic carbocycles. The summed E-state index contributed by atoms with van der Waals surface area (Å²) in [5.41, 5.74) is 1.08. The Hall–Kier alpha value is -3.40. The molecule has 4 rings (SSSR count). The molecule has 1 amide bonds. The van der Waals surface area contributed by atoms with Crippen LogP contribution in [0.2, 0.25) is 0 Å². The summed E-state index contributed by atoms with van der Waals surface area (Å²) in [6.07, 6.45) is 3.25. The Morgan fingerprint density at radius 2 is 1.60 bits per heavy atom. The molecule has 428 valence electrons. The van der Waals surface area contributed by atoms with Crippen molar-refractivity contribution in [3.8, 4) is 0 Å². The van der Waals surface area contributed by atoms with Crippen LogP contribution in [0.4, 0.5) is 13.2 Å². The van der Waals surface area contributed by atoms with Gasteiger partial charge in [0.05, 0.1) is 50.8 Å². The summed E-state index contributed by atoms with van der Waals surface area (Å²) in [6, 6.07) is -1.23. The number of carbonyl (C=O) groups excluding carboxylic acids is 5. The van der Waals surface area contributed by atoms with Crippen molar-refractivity contribution in [1.29, 1.82) is 0 Å². The molecule has 15 atom stereocenters. The predicted molar refractivity (Wildman–Crippen MR) is 272 cm³/mol. The van der Waals surface area contributed by atoms with Gasteiger partial charge in [-0.25, -0.2) is 4.79 Å². The number of allylic oxidation sites excluding steroid dienone is 4. The van der Waals surface area contributed by atoms with Crippen molar-refractivity contribution in [2.75, 3.05) is 53.8 Å². The first-order valence-corrected chi connectivity index (χ1v) is 27.2. The third-order valence-corrected chi connectivity index (χ3v) is 15.6. The van der Waals surface area contributed by atoms with Gasteiger partial charge >= 0.3 is 12.1 Å². The van der Waals surface area contributed by atoms with Gasteiger partial charge in [-0.3, -0.25) is 19.2 Å². The molecule has 2 saturated heterocycles.